The molecule has 0 bridgehead atoms. The van der Waals surface area contributed by atoms with E-state index in [0.29, 0.717) is 44.1 Å². The number of ether oxygens (including phenoxy) is 1. The number of rotatable bonds is 11. The van der Waals surface area contributed by atoms with Crippen LogP contribution in [0.25, 0.3) is 21.8 Å². The number of para-hydroxylation sites is 1. The number of methoxy groups -OCH3 is 1. The molecule has 2 amide bonds. The van der Waals surface area contributed by atoms with Gasteiger partial charge in [-0.1, -0.05) is 41.4 Å². The lowest BCUT2D eigenvalue weighted by Gasteiger charge is -2.19. The van der Waals surface area contributed by atoms with Crippen molar-refractivity contribution in [1.82, 2.24) is 19.6 Å². The van der Waals surface area contributed by atoms with Gasteiger partial charge in [0.1, 0.15) is 16.8 Å². The second kappa shape index (κ2) is 14.5. The lowest BCUT2D eigenvalue weighted by atomic mass is 10.0. The fourth-order valence-electron chi connectivity index (χ4n) is 5.99. The molecule has 0 unspecified atom stereocenters. The van der Waals surface area contributed by atoms with Crippen LogP contribution in [0.4, 0.5) is 5.69 Å². The summed E-state index contributed by atoms with van der Waals surface area (Å²) in [5.74, 6) is -1.62. The molecule has 6 rings (SSSR count). The molecule has 0 aliphatic carbocycles. The maximum atomic E-state index is 13.9. The van der Waals surface area contributed by atoms with Gasteiger partial charge >= 0.3 is 0 Å². The quantitative estimate of drug-likeness (QED) is 0.104. The molecule has 0 aliphatic heterocycles. The second-order valence-electron chi connectivity index (χ2n) is 11.8. The Bertz CT molecular complexity index is 2510. The van der Waals surface area contributed by atoms with Crippen LogP contribution in [0.15, 0.2) is 96.0 Å². The lowest BCUT2D eigenvalue weighted by molar-refractivity contribution is -0.384. The number of hydrogen-bond acceptors (Lipinski definition) is 8. The molecule has 3 N–H and O–H groups in total. The number of H-pyrrole nitrogens is 1. The van der Waals surface area contributed by atoms with Crippen molar-refractivity contribution in [3.05, 3.63) is 134 Å². The maximum absolute atomic E-state index is 13.9. The minimum absolute atomic E-state index is 0.124. The molecule has 0 aliphatic rings. The van der Waals surface area contributed by atoms with E-state index in [1.165, 1.54) is 11.7 Å². The van der Waals surface area contributed by atoms with E-state index in [4.69, 9.17) is 27.9 Å². The highest BCUT2D eigenvalue weighted by Crippen LogP contribution is 2.31. The SMILES string of the molecule is COc1ccc2c(c1)c(CC(=O)N[C@@H](Cc1c[nH]c3ccccc13)C(=O)NS(=O)(=O)c1ccc(Cl)c([N+](=O)[O-])c1)c(C)n2C(=O)c1ccc(Cl)cc1. The van der Waals surface area contributed by atoms with E-state index in [0.717, 1.165) is 29.1 Å². The summed E-state index contributed by atoms with van der Waals surface area (Å²) in [7, 11) is -3.17. The Kier molecular flexibility index (Phi) is 10.1. The smallest absolute Gasteiger partial charge is 0.289 e. The first-order valence-corrected chi connectivity index (χ1v) is 17.8. The first-order chi connectivity index (χ1) is 24.8. The first-order valence-electron chi connectivity index (χ1n) is 15.6. The monoisotopic (exact) mass is 761 g/mol. The van der Waals surface area contributed by atoms with Crippen molar-refractivity contribution >= 4 is 78.4 Å². The third-order valence-corrected chi connectivity index (χ3v) is 10.5. The third-order valence-electron chi connectivity index (χ3n) is 8.58. The number of aromatic nitrogens is 2. The van der Waals surface area contributed by atoms with Crippen molar-refractivity contribution in [2.75, 3.05) is 7.11 Å². The Morgan fingerprint density at radius 1 is 0.981 bits per heavy atom. The standard InChI is InChI=1S/C36H29Cl2N5O8S/c1-20-27(28-16-24(51-2)11-14-32(28)42(20)36(46)21-7-9-23(37)10-8-21)18-34(44)40-31(15-22-19-39-30-6-4-3-5-26(22)30)35(45)41-52(49,50)25-12-13-29(38)33(17-25)43(47)48/h3-14,16-17,19,31,39H,15,18H2,1-2H3,(H,40,44)(H,41,45)/t31-/m0/s1. The summed E-state index contributed by atoms with van der Waals surface area (Å²) in [6, 6.07) is 20.1. The first kappa shape index (κ1) is 36.1. The molecule has 16 heteroatoms. The molecule has 0 radical (unpaired) electrons. The molecular weight excluding hydrogens is 733 g/mol. The minimum atomic E-state index is -4.66. The molecule has 52 heavy (non-hydrogen) atoms. The highest BCUT2D eigenvalue weighted by Gasteiger charge is 2.30. The van der Waals surface area contributed by atoms with Gasteiger partial charge in [0.25, 0.3) is 27.5 Å². The Morgan fingerprint density at radius 2 is 1.71 bits per heavy atom. The van der Waals surface area contributed by atoms with Crippen molar-refractivity contribution in [2.24, 2.45) is 0 Å². The van der Waals surface area contributed by atoms with Crippen LogP contribution < -0.4 is 14.8 Å². The van der Waals surface area contributed by atoms with Crippen LogP contribution in [-0.2, 0) is 32.5 Å². The number of benzene rings is 4. The highest BCUT2D eigenvalue weighted by atomic mass is 35.5. The molecule has 6 aromatic rings. The second-order valence-corrected chi connectivity index (χ2v) is 14.3. The number of nitrogens with one attached hydrogen (secondary N) is 3. The van der Waals surface area contributed by atoms with Crippen molar-refractivity contribution in [2.45, 2.75) is 30.7 Å². The van der Waals surface area contributed by atoms with E-state index < -0.39 is 43.4 Å². The molecule has 0 spiro atoms. The van der Waals surface area contributed by atoms with E-state index in [1.807, 2.05) is 22.9 Å². The fraction of sp³-hybridized carbons (Fsp3) is 0.139. The number of halogens is 2. The molecular formula is C36H29Cl2N5O8S. The Labute approximate surface area is 306 Å². The molecule has 4 aromatic carbocycles. The van der Waals surface area contributed by atoms with E-state index >= 15 is 0 Å². The average molecular weight is 763 g/mol. The van der Waals surface area contributed by atoms with Crippen LogP contribution in [0, 0.1) is 17.0 Å². The topological polar surface area (TPSA) is 182 Å². The van der Waals surface area contributed by atoms with Crippen LogP contribution in [-0.4, -0.2) is 53.8 Å². The summed E-state index contributed by atoms with van der Waals surface area (Å²) in [6.07, 6.45) is 1.23. The molecule has 13 nitrogen and oxygen atoms in total. The number of fused-ring (bicyclic) bond motifs is 2. The summed E-state index contributed by atoms with van der Waals surface area (Å²) in [4.78, 5) is 54.5. The van der Waals surface area contributed by atoms with E-state index in [9.17, 15) is 32.9 Å². The van der Waals surface area contributed by atoms with Gasteiger partial charge < -0.3 is 15.0 Å². The summed E-state index contributed by atoms with van der Waals surface area (Å²) in [6.45, 7) is 1.69. The normalized spacial score (nSPS) is 12.1. The zero-order chi connectivity index (χ0) is 37.3. The number of sulfonamides is 1. The van der Waals surface area contributed by atoms with Crippen molar-refractivity contribution in [3.8, 4) is 5.75 Å². The van der Waals surface area contributed by atoms with Gasteiger partial charge in [-0.05, 0) is 78.7 Å². The zero-order valence-electron chi connectivity index (χ0n) is 27.5. The van der Waals surface area contributed by atoms with Gasteiger partial charge in [0.15, 0.2) is 0 Å². The Balaban J connectivity index is 1.34. The molecule has 2 aromatic heterocycles. The van der Waals surface area contributed by atoms with Crippen LogP contribution in [0.5, 0.6) is 5.75 Å². The summed E-state index contributed by atoms with van der Waals surface area (Å²) < 4.78 is 35.5. The summed E-state index contributed by atoms with van der Waals surface area (Å²) in [5.41, 5.74) is 2.51. The lowest BCUT2D eigenvalue weighted by Crippen LogP contribution is -2.49. The van der Waals surface area contributed by atoms with Crippen LogP contribution in [0.2, 0.25) is 10.0 Å². The number of nitro benzene ring substituents is 1. The fourth-order valence-corrected chi connectivity index (χ4v) is 7.34. The number of aromatic amines is 1. The number of amides is 2. The predicted octanol–water partition coefficient (Wildman–Crippen LogP) is 6.12. The Hall–Kier alpha value is -5.70. The van der Waals surface area contributed by atoms with Crippen molar-refractivity contribution in [1.29, 1.82) is 0 Å². The van der Waals surface area contributed by atoms with E-state index in [1.54, 1.807) is 61.7 Å². The van der Waals surface area contributed by atoms with Gasteiger partial charge in [-0.15, -0.1) is 0 Å². The maximum Gasteiger partial charge on any atom is 0.289 e. The van der Waals surface area contributed by atoms with Gasteiger partial charge in [-0.3, -0.25) is 29.1 Å². The van der Waals surface area contributed by atoms with Gasteiger partial charge in [-0.2, -0.15) is 0 Å². The molecule has 266 valence electrons. The van der Waals surface area contributed by atoms with E-state index in [-0.39, 0.29) is 23.8 Å². The van der Waals surface area contributed by atoms with Crippen molar-refractivity contribution < 1.29 is 32.5 Å². The minimum Gasteiger partial charge on any atom is -0.497 e. The molecule has 0 saturated heterocycles. The van der Waals surface area contributed by atoms with Crippen molar-refractivity contribution in [3.63, 3.8) is 0 Å². The van der Waals surface area contributed by atoms with Crippen LogP contribution >= 0.6 is 23.2 Å². The molecule has 1 atom stereocenters. The highest BCUT2D eigenvalue weighted by molar-refractivity contribution is 7.90. The molecule has 2 heterocycles. The predicted molar refractivity (Wildman–Crippen MR) is 195 cm³/mol. The number of carbonyl (C=O) groups excluding carboxylic acids is 3. The van der Waals surface area contributed by atoms with E-state index in [2.05, 4.69) is 10.3 Å². The number of carbonyl (C=O) groups is 3. The number of nitro groups is 1. The van der Waals surface area contributed by atoms with Gasteiger partial charge in [0, 0.05) is 51.3 Å². The number of hydrogen-bond donors (Lipinski definition) is 3. The van der Waals surface area contributed by atoms with Gasteiger partial charge in [0.05, 0.1) is 28.9 Å². The van der Waals surface area contributed by atoms with Gasteiger partial charge in [0.2, 0.25) is 5.91 Å². The molecule has 0 saturated carbocycles. The summed E-state index contributed by atoms with van der Waals surface area (Å²) in [5, 5.41) is 15.6. The largest absolute Gasteiger partial charge is 0.497 e. The van der Waals surface area contributed by atoms with Crippen LogP contribution in [0.1, 0.15) is 27.2 Å². The zero-order valence-corrected chi connectivity index (χ0v) is 29.8. The summed E-state index contributed by atoms with van der Waals surface area (Å²) >= 11 is 11.9. The third kappa shape index (κ3) is 7.21. The van der Waals surface area contributed by atoms with Gasteiger partial charge in [-0.25, -0.2) is 13.1 Å². The molecule has 0 fully saturated rings. The van der Waals surface area contributed by atoms with Crippen LogP contribution in [0.3, 0.4) is 0 Å². The Morgan fingerprint density at radius 3 is 2.42 bits per heavy atom. The average Bonchev–Trinajstić information content (AvgIpc) is 3.64. The number of nitrogens with zero attached hydrogens (tertiary/aromatic N) is 2.